The minimum Gasteiger partial charge on any atom is -0.399 e. The maximum atomic E-state index is 13.2. The summed E-state index contributed by atoms with van der Waals surface area (Å²) in [4.78, 5) is 31.0. The topological polar surface area (TPSA) is 152 Å². The van der Waals surface area contributed by atoms with Crippen molar-refractivity contribution in [2.75, 3.05) is 49.6 Å². The number of nitrogens with zero attached hydrogens (tertiary/aromatic N) is 7. The Morgan fingerprint density at radius 2 is 1.84 bits per heavy atom. The number of hydrogen-bond donors (Lipinski definition) is 2. The van der Waals surface area contributed by atoms with Gasteiger partial charge in [0.1, 0.15) is 11.0 Å². The Hall–Kier alpha value is -4.07. The third-order valence-electron chi connectivity index (χ3n) is 8.41. The average Bonchev–Trinajstić information content (AvgIpc) is 3.46. The lowest BCUT2D eigenvalue weighted by molar-refractivity contribution is 0.0206. The Bertz CT molecular complexity index is 1840. The molecule has 0 spiro atoms. The van der Waals surface area contributed by atoms with E-state index in [0.29, 0.717) is 30.8 Å². The smallest absolute Gasteiger partial charge is 0.278 e. The summed E-state index contributed by atoms with van der Waals surface area (Å²) < 4.78 is 27.3. The molecule has 43 heavy (non-hydrogen) atoms. The van der Waals surface area contributed by atoms with Gasteiger partial charge in [-0.05, 0) is 68.1 Å². The van der Waals surface area contributed by atoms with E-state index in [-0.39, 0.29) is 28.3 Å². The molecule has 12 nitrogen and oxygen atoms in total. The van der Waals surface area contributed by atoms with Gasteiger partial charge < -0.3 is 15.7 Å². The number of rotatable bonds is 9. The van der Waals surface area contributed by atoms with E-state index in [1.807, 2.05) is 18.2 Å². The Balaban J connectivity index is 1.21. The van der Waals surface area contributed by atoms with Crippen LogP contribution < -0.4 is 16.2 Å². The van der Waals surface area contributed by atoms with E-state index in [1.54, 1.807) is 12.1 Å². The molecule has 0 amide bonds. The van der Waals surface area contributed by atoms with Crippen molar-refractivity contribution >= 4 is 32.2 Å². The van der Waals surface area contributed by atoms with Gasteiger partial charge in [-0.15, -0.1) is 6.58 Å². The lowest BCUT2D eigenvalue weighted by atomic mass is 9.94. The number of aryl methyl sites for hydroxylation is 1. The monoisotopic (exact) mass is 604 g/mol. The van der Waals surface area contributed by atoms with Gasteiger partial charge in [0.25, 0.3) is 5.56 Å². The predicted molar refractivity (Wildman–Crippen MR) is 165 cm³/mol. The van der Waals surface area contributed by atoms with E-state index in [4.69, 9.17) is 10.7 Å². The summed E-state index contributed by atoms with van der Waals surface area (Å²) in [5.74, 6) is 0.366. The van der Waals surface area contributed by atoms with Crippen molar-refractivity contribution in [3.05, 3.63) is 76.9 Å². The first-order valence-electron chi connectivity index (χ1n) is 14.4. The summed E-state index contributed by atoms with van der Waals surface area (Å²) in [7, 11) is -3.71. The molecule has 1 aromatic carbocycles. The first kappa shape index (κ1) is 29.0. The molecule has 226 valence electrons. The largest absolute Gasteiger partial charge is 0.399 e. The lowest BCUT2D eigenvalue weighted by Gasteiger charge is -2.36. The molecule has 13 heteroatoms. The van der Waals surface area contributed by atoms with Crippen LogP contribution in [0.3, 0.4) is 0 Å². The molecule has 3 N–H and O–H groups in total. The number of nitrogen functional groups attached to an aromatic ring is 1. The third kappa shape index (κ3) is 5.55. The summed E-state index contributed by atoms with van der Waals surface area (Å²) in [5.41, 5.74) is 7.98. The van der Waals surface area contributed by atoms with Crippen molar-refractivity contribution in [1.29, 1.82) is 0 Å². The number of piperazine rings is 1. The molecule has 4 heterocycles. The molecule has 3 aromatic heterocycles. The molecule has 4 aromatic rings. The molecular formula is C30H36N8O4S. The van der Waals surface area contributed by atoms with Crippen molar-refractivity contribution in [3.63, 3.8) is 0 Å². The predicted octanol–water partition coefficient (Wildman–Crippen LogP) is 1.89. The SMILES string of the molecule is C=CCn1c(=O)c2cnc(S(C)(=O)=O)nc2n1-c1ccc2c(n1)[C@@](O)(CCCN1CCN(c3ccc(N)cc3)CC1)CC2. The number of aromatic nitrogens is 5. The van der Waals surface area contributed by atoms with Gasteiger partial charge in [-0.1, -0.05) is 12.1 Å². The fourth-order valence-corrected chi connectivity index (χ4v) is 6.62. The van der Waals surface area contributed by atoms with Crippen molar-refractivity contribution in [2.24, 2.45) is 0 Å². The number of hydrogen-bond acceptors (Lipinski definition) is 10. The van der Waals surface area contributed by atoms with E-state index >= 15 is 0 Å². The second-order valence-electron chi connectivity index (χ2n) is 11.4. The minimum absolute atomic E-state index is 0.134. The van der Waals surface area contributed by atoms with Crippen LogP contribution in [0.15, 0.2) is 65.2 Å². The number of allylic oxidation sites excluding steroid dienone is 1. The van der Waals surface area contributed by atoms with Crippen LogP contribution in [0, 0.1) is 0 Å². The summed E-state index contributed by atoms with van der Waals surface area (Å²) in [5, 5.41) is 11.6. The Morgan fingerprint density at radius 1 is 1.09 bits per heavy atom. The molecule has 1 saturated heterocycles. The molecular weight excluding hydrogens is 568 g/mol. The molecule has 0 unspecified atom stereocenters. The maximum Gasteiger partial charge on any atom is 0.278 e. The van der Waals surface area contributed by atoms with Crippen LogP contribution in [0.4, 0.5) is 11.4 Å². The molecule has 1 aliphatic carbocycles. The second-order valence-corrected chi connectivity index (χ2v) is 13.3. The maximum absolute atomic E-state index is 13.2. The molecule has 0 bridgehead atoms. The summed E-state index contributed by atoms with van der Waals surface area (Å²) in [6.07, 6.45) is 6.45. The number of nitrogens with two attached hydrogens (primary N) is 1. The van der Waals surface area contributed by atoms with Crippen LogP contribution in [0.2, 0.25) is 0 Å². The third-order valence-corrected chi connectivity index (χ3v) is 9.27. The van der Waals surface area contributed by atoms with Gasteiger partial charge in [-0.25, -0.2) is 27.7 Å². The number of pyridine rings is 1. The summed E-state index contributed by atoms with van der Waals surface area (Å²) >= 11 is 0. The van der Waals surface area contributed by atoms with Crippen LogP contribution in [0.1, 0.15) is 30.5 Å². The Morgan fingerprint density at radius 3 is 2.53 bits per heavy atom. The van der Waals surface area contributed by atoms with Gasteiger partial charge in [0.15, 0.2) is 11.5 Å². The molecule has 0 radical (unpaired) electrons. The first-order valence-corrected chi connectivity index (χ1v) is 16.3. The standard InChI is InChI=1S/C30H36N8O4S/c1-3-14-37-28(39)24-20-32-29(43(2,41)42)34-27(24)38(37)25-10-5-21-11-13-30(40,26(21)33-25)12-4-15-35-16-18-36(19-17-35)23-8-6-22(31)7-9-23/h3,5-10,20,40H,1,4,11-19,31H2,2H3/t30-/m1/s1. The molecule has 1 atom stereocenters. The van der Waals surface area contributed by atoms with Gasteiger partial charge in [-0.2, -0.15) is 4.98 Å². The number of anilines is 2. The number of benzene rings is 1. The lowest BCUT2D eigenvalue weighted by Crippen LogP contribution is -2.46. The highest BCUT2D eigenvalue weighted by atomic mass is 32.2. The quantitative estimate of drug-likeness (QED) is 0.165. The van der Waals surface area contributed by atoms with E-state index in [2.05, 4.69) is 38.5 Å². The number of aliphatic hydroxyl groups is 1. The van der Waals surface area contributed by atoms with Gasteiger partial charge in [-0.3, -0.25) is 9.69 Å². The van der Waals surface area contributed by atoms with E-state index in [9.17, 15) is 18.3 Å². The van der Waals surface area contributed by atoms with Crippen LogP contribution in [0.5, 0.6) is 0 Å². The Kier molecular flexibility index (Phi) is 7.57. The number of sulfone groups is 1. The zero-order chi connectivity index (χ0) is 30.4. The number of fused-ring (bicyclic) bond motifs is 2. The van der Waals surface area contributed by atoms with Crippen molar-refractivity contribution in [2.45, 2.75) is 43.0 Å². The summed E-state index contributed by atoms with van der Waals surface area (Å²) in [6, 6.07) is 11.7. The highest BCUT2D eigenvalue weighted by Crippen LogP contribution is 2.39. The fraction of sp³-hybridized carbons (Fsp3) is 0.400. The average molecular weight is 605 g/mol. The van der Waals surface area contributed by atoms with E-state index in [0.717, 1.165) is 56.7 Å². The van der Waals surface area contributed by atoms with Gasteiger partial charge >= 0.3 is 0 Å². The molecule has 2 aliphatic rings. The van der Waals surface area contributed by atoms with Crippen molar-refractivity contribution in [3.8, 4) is 5.82 Å². The minimum atomic E-state index is -3.71. The van der Waals surface area contributed by atoms with Crippen LogP contribution in [-0.4, -0.2) is 81.7 Å². The van der Waals surface area contributed by atoms with Gasteiger partial charge in [0, 0.05) is 50.0 Å². The highest BCUT2D eigenvalue weighted by Gasteiger charge is 2.38. The van der Waals surface area contributed by atoms with Crippen molar-refractivity contribution in [1.82, 2.24) is 29.2 Å². The zero-order valence-corrected chi connectivity index (χ0v) is 25.0. The van der Waals surface area contributed by atoms with E-state index < -0.39 is 15.4 Å². The van der Waals surface area contributed by atoms with Crippen LogP contribution in [0.25, 0.3) is 16.9 Å². The molecule has 1 aliphatic heterocycles. The fourth-order valence-electron chi connectivity index (χ4n) is 6.12. The molecule has 6 rings (SSSR count). The normalized spacial score (nSPS) is 19.2. The first-order chi connectivity index (χ1) is 20.6. The zero-order valence-electron chi connectivity index (χ0n) is 24.2. The van der Waals surface area contributed by atoms with E-state index in [1.165, 1.54) is 21.2 Å². The molecule has 1 fully saturated rings. The van der Waals surface area contributed by atoms with Crippen molar-refractivity contribution < 1.29 is 13.5 Å². The highest BCUT2D eigenvalue weighted by molar-refractivity contribution is 7.90. The Labute approximate surface area is 250 Å². The van der Waals surface area contributed by atoms with Crippen LogP contribution in [-0.2, 0) is 28.4 Å². The molecule has 0 saturated carbocycles. The summed E-state index contributed by atoms with van der Waals surface area (Å²) in [6.45, 7) is 8.54. The second kappa shape index (κ2) is 11.2. The van der Waals surface area contributed by atoms with Gasteiger partial charge in [0.05, 0.1) is 12.2 Å². The van der Waals surface area contributed by atoms with Gasteiger partial charge in [0.2, 0.25) is 15.0 Å². The van der Waals surface area contributed by atoms with Crippen LogP contribution >= 0.6 is 0 Å².